The highest BCUT2D eigenvalue weighted by molar-refractivity contribution is 6.34. The van der Waals surface area contributed by atoms with Crippen molar-refractivity contribution in [2.75, 3.05) is 12.8 Å². The number of amides is 1. The van der Waals surface area contributed by atoms with E-state index in [0.29, 0.717) is 16.4 Å². The van der Waals surface area contributed by atoms with E-state index in [-0.39, 0.29) is 5.91 Å². The molecule has 0 radical (unpaired) electrons. The first-order chi connectivity index (χ1) is 10.6. The molecule has 22 heavy (non-hydrogen) atoms. The van der Waals surface area contributed by atoms with E-state index in [4.69, 9.17) is 17.3 Å². The van der Waals surface area contributed by atoms with Crippen LogP contribution in [0.5, 0.6) is 0 Å². The highest BCUT2D eigenvalue weighted by Crippen LogP contribution is 2.34. The maximum absolute atomic E-state index is 11.8. The van der Waals surface area contributed by atoms with Crippen LogP contribution >= 0.6 is 11.6 Å². The van der Waals surface area contributed by atoms with Gasteiger partial charge in [0.1, 0.15) is 5.82 Å². The highest BCUT2D eigenvalue weighted by Gasteiger charge is 2.13. The van der Waals surface area contributed by atoms with E-state index < -0.39 is 0 Å². The van der Waals surface area contributed by atoms with Crippen molar-refractivity contribution in [2.24, 2.45) is 0 Å². The third-order valence-electron chi connectivity index (χ3n) is 3.48. The molecule has 5 heteroatoms. The molecule has 0 aliphatic heterocycles. The van der Waals surface area contributed by atoms with E-state index in [2.05, 4.69) is 10.3 Å². The average Bonchev–Trinajstić information content (AvgIpc) is 2.53. The maximum Gasteiger partial charge on any atom is 0.251 e. The van der Waals surface area contributed by atoms with Crippen LogP contribution in [-0.2, 0) is 0 Å². The van der Waals surface area contributed by atoms with Crippen LogP contribution in [-0.4, -0.2) is 17.9 Å². The lowest BCUT2D eigenvalue weighted by molar-refractivity contribution is 0.0963. The number of hydrogen-bond acceptors (Lipinski definition) is 3. The fourth-order valence-corrected chi connectivity index (χ4v) is 2.66. The third kappa shape index (κ3) is 2.49. The SMILES string of the molecule is CNC(=O)c1ccc(Cl)c(-c2cc(N)nc3ccccc23)c1. The first-order valence-electron chi connectivity index (χ1n) is 6.77. The number of carbonyl (C=O) groups is 1. The number of para-hydroxylation sites is 1. The van der Waals surface area contributed by atoms with Crippen LogP contribution in [0.15, 0.2) is 48.5 Å². The summed E-state index contributed by atoms with van der Waals surface area (Å²) in [6.45, 7) is 0. The smallest absolute Gasteiger partial charge is 0.251 e. The van der Waals surface area contributed by atoms with Gasteiger partial charge in [0, 0.05) is 28.6 Å². The molecule has 2 aromatic carbocycles. The fraction of sp³-hybridized carbons (Fsp3) is 0.0588. The Balaban J connectivity index is 2.29. The number of hydrogen-bond donors (Lipinski definition) is 2. The molecule has 0 saturated heterocycles. The molecule has 1 heterocycles. The largest absolute Gasteiger partial charge is 0.384 e. The summed E-state index contributed by atoms with van der Waals surface area (Å²) >= 11 is 6.34. The standard InChI is InChI=1S/C17H14ClN3O/c1-20-17(22)10-6-7-14(18)13(8-10)12-9-16(19)21-15-5-3-2-4-11(12)15/h2-9H,1H3,(H2,19,21)(H,20,22). The number of nitrogen functional groups attached to an aromatic ring is 1. The zero-order chi connectivity index (χ0) is 15.7. The minimum atomic E-state index is -0.163. The topological polar surface area (TPSA) is 68.0 Å². The van der Waals surface area contributed by atoms with Crippen molar-refractivity contribution in [1.82, 2.24) is 10.3 Å². The molecule has 1 aromatic heterocycles. The number of halogens is 1. The second kappa shape index (κ2) is 5.66. The molecule has 3 N–H and O–H groups in total. The van der Waals surface area contributed by atoms with Crippen LogP contribution in [0.25, 0.3) is 22.0 Å². The third-order valence-corrected chi connectivity index (χ3v) is 3.81. The molecular weight excluding hydrogens is 298 g/mol. The summed E-state index contributed by atoms with van der Waals surface area (Å²) in [5.41, 5.74) is 8.85. The van der Waals surface area contributed by atoms with E-state index in [1.54, 1.807) is 31.3 Å². The summed E-state index contributed by atoms with van der Waals surface area (Å²) < 4.78 is 0. The number of pyridine rings is 1. The molecular formula is C17H14ClN3O. The zero-order valence-corrected chi connectivity index (χ0v) is 12.7. The van der Waals surface area contributed by atoms with E-state index in [9.17, 15) is 4.79 Å². The van der Waals surface area contributed by atoms with Gasteiger partial charge in [0.2, 0.25) is 0 Å². The van der Waals surface area contributed by atoms with Gasteiger partial charge in [-0.3, -0.25) is 4.79 Å². The zero-order valence-electron chi connectivity index (χ0n) is 11.9. The number of nitrogens with one attached hydrogen (secondary N) is 1. The summed E-state index contributed by atoms with van der Waals surface area (Å²) in [5.74, 6) is 0.249. The molecule has 4 nitrogen and oxygen atoms in total. The Morgan fingerprint density at radius 3 is 2.68 bits per heavy atom. The van der Waals surface area contributed by atoms with E-state index in [1.807, 2.05) is 24.3 Å². The molecule has 0 unspecified atom stereocenters. The first-order valence-corrected chi connectivity index (χ1v) is 7.15. The second-order valence-corrected chi connectivity index (χ2v) is 5.29. The van der Waals surface area contributed by atoms with Gasteiger partial charge in [-0.2, -0.15) is 0 Å². The summed E-state index contributed by atoms with van der Waals surface area (Å²) in [6, 6.07) is 14.6. The Bertz CT molecular complexity index is 877. The molecule has 3 rings (SSSR count). The number of rotatable bonds is 2. The quantitative estimate of drug-likeness (QED) is 0.761. The van der Waals surface area contributed by atoms with Crippen molar-refractivity contribution in [3.05, 3.63) is 59.1 Å². The number of carbonyl (C=O) groups excluding carboxylic acids is 1. The van der Waals surface area contributed by atoms with Crippen molar-refractivity contribution in [3.63, 3.8) is 0 Å². The Kier molecular flexibility index (Phi) is 3.69. The van der Waals surface area contributed by atoms with Crippen molar-refractivity contribution >= 4 is 34.2 Å². The van der Waals surface area contributed by atoms with Gasteiger partial charge in [0.15, 0.2) is 0 Å². The van der Waals surface area contributed by atoms with E-state index in [0.717, 1.165) is 22.0 Å². The van der Waals surface area contributed by atoms with Gasteiger partial charge in [-0.1, -0.05) is 29.8 Å². The predicted octanol–water partition coefficient (Wildman–Crippen LogP) is 3.50. The van der Waals surface area contributed by atoms with Gasteiger partial charge in [-0.25, -0.2) is 4.98 Å². The predicted molar refractivity (Wildman–Crippen MR) is 90.0 cm³/mol. The van der Waals surface area contributed by atoms with Crippen molar-refractivity contribution in [1.29, 1.82) is 0 Å². The Morgan fingerprint density at radius 1 is 1.14 bits per heavy atom. The molecule has 0 spiro atoms. The van der Waals surface area contributed by atoms with Gasteiger partial charge in [0.05, 0.1) is 5.52 Å². The number of nitrogens with zero attached hydrogens (tertiary/aromatic N) is 1. The summed E-state index contributed by atoms with van der Waals surface area (Å²) in [4.78, 5) is 16.2. The molecule has 0 bridgehead atoms. The number of anilines is 1. The Morgan fingerprint density at radius 2 is 1.91 bits per heavy atom. The lowest BCUT2D eigenvalue weighted by Gasteiger charge is -2.11. The molecule has 0 aliphatic rings. The van der Waals surface area contributed by atoms with Crippen LogP contribution < -0.4 is 11.1 Å². The lowest BCUT2D eigenvalue weighted by atomic mass is 9.99. The number of nitrogens with two attached hydrogens (primary N) is 1. The van der Waals surface area contributed by atoms with Gasteiger partial charge in [0.25, 0.3) is 5.91 Å². The monoisotopic (exact) mass is 311 g/mol. The molecule has 1 amide bonds. The van der Waals surface area contributed by atoms with Crippen molar-refractivity contribution in [2.45, 2.75) is 0 Å². The van der Waals surface area contributed by atoms with Crippen LogP contribution in [0, 0.1) is 0 Å². The summed E-state index contributed by atoms with van der Waals surface area (Å²) in [6.07, 6.45) is 0. The molecule has 3 aromatic rings. The van der Waals surface area contributed by atoms with Crippen LogP contribution in [0.2, 0.25) is 5.02 Å². The van der Waals surface area contributed by atoms with Crippen LogP contribution in [0.4, 0.5) is 5.82 Å². The van der Waals surface area contributed by atoms with Crippen LogP contribution in [0.3, 0.4) is 0 Å². The lowest BCUT2D eigenvalue weighted by Crippen LogP contribution is -2.17. The van der Waals surface area contributed by atoms with Gasteiger partial charge >= 0.3 is 0 Å². The Hall–Kier alpha value is -2.59. The first kappa shape index (κ1) is 14.4. The second-order valence-electron chi connectivity index (χ2n) is 4.89. The van der Waals surface area contributed by atoms with E-state index in [1.165, 1.54) is 0 Å². The average molecular weight is 312 g/mol. The highest BCUT2D eigenvalue weighted by atomic mass is 35.5. The molecule has 0 aliphatic carbocycles. The molecule has 0 atom stereocenters. The number of benzene rings is 2. The summed E-state index contributed by atoms with van der Waals surface area (Å²) in [5, 5.41) is 4.11. The minimum Gasteiger partial charge on any atom is -0.384 e. The van der Waals surface area contributed by atoms with Gasteiger partial charge in [-0.05, 0) is 35.9 Å². The fourth-order valence-electron chi connectivity index (χ4n) is 2.44. The van der Waals surface area contributed by atoms with Crippen molar-refractivity contribution < 1.29 is 4.79 Å². The molecule has 0 saturated carbocycles. The van der Waals surface area contributed by atoms with Crippen LogP contribution in [0.1, 0.15) is 10.4 Å². The number of fused-ring (bicyclic) bond motifs is 1. The molecule has 0 fully saturated rings. The van der Waals surface area contributed by atoms with Gasteiger partial charge < -0.3 is 11.1 Å². The number of aromatic nitrogens is 1. The van der Waals surface area contributed by atoms with Crippen molar-refractivity contribution in [3.8, 4) is 11.1 Å². The minimum absolute atomic E-state index is 0.163. The summed E-state index contributed by atoms with van der Waals surface area (Å²) in [7, 11) is 1.59. The molecule has 110 valence electrons. The maximum atomic E-state index is 11.8. The van der Waals surface area contributed by atoms with Gasteiger partial charge in [-0.15, -0.1) is 0 Å². The normalized spacial score (nSPS) is 10.6. The van der Waals surface area contributed by atoms with E-state index >= 15 is 0 Å². The Labute approximate surface area is 132 Å².